The number of methoxy groups -OCH3 is 1. The van der Waals surface area contributed by atoms with Crippen LogP contribution in [0.1, 0.15) is 16.8 Å². The second-order valence-corrected chi connectivity index (χ2v) is 7.13. The predicted octanol–water partition coefficient (Wildman–Crippen LogP) is 3.50. The van der Waals surface area contributed by atoms with Crippen LogP contribution in [0.15, 0.2) is 41.4 Å². The number of nitrogens with two attached hydrogens (primary N) is 1. The maximum atomic E-state index is 12.0. The molecule has 7 heteroatoms. The first-order valence-corrected chi connectivity index (χ1v) is 9.45. The topological polar surface area (TPSA) is 85.4 Å². The molecule has 0 radical (unpaired) electrons. The molecule has 2 aromatic carbocycles. The molecule has 0 aliphatic heterocycles. The first-order chi connectivity index (χ1) is 13.5. The Morgan fingerprint density at radius 1 is 1.25 bits per heavy atom. The molecular weight excluding hydrogens is 376 g/mol. The Bertz CT molecular complexity index is 1290. The van der Waals surface area contributed by atoms with Crippen molar-refractivity contribution in [2.75, 3.05) is 20.2 Å². The minimum atomic E-state index is -0.369. The third-order valence-corrected chi connectivity index (χ3v) is 5.21. The number of aryl methyl sites for hydroxylation is 1. The number of carbonyl (C=O) groups excluding carboxylic acids is 1. The van der Waals surface area contributed by atoms with Gasteiger partial charge in [-0.25, -0.2) is 4.79 Å². The number of halogens is 1. The van der Waals surface area contributed by atoms with Crippen molar-refractivity contribution in [3.05, 3.63) is 52.3 Å². The van der Waals surface area contributed by atoms with Crippen molar-refractivity contribution in [3.63, 3.8) is 0 Å². The fraction of sp³-hybridized carbons (Fsp3) is 0.238. The number of nitrogens with zero attached hydrogens (tertiary/aromatic N) is 2. The summed E-state index contributed by atoms with van der Waals surface area (Å²) in [6, 6.07) is 11.3. The molecule has 0 amide bonds. The number of ether oxygens (including phenoxy) is 1. The number of aromatic amines is 1. The molecule has 144 valence electrons. The standard InChI is InChI=1S/C21H21ClN4O2/c1-26-17-7-5-13(22)11-15(17)19(24-9-3-8-23)18-14-10-12(21(27)28-2)4-6-16(14)25-20(18)26/h4-7,10-11,25H,3,8-9,23H2,1-2H3. The summed E-state index contributed by atoms with van der Waals surface area (Å²) < 4.78 is 6.97. The Kier molecular flexibility index (Phi) is 4.83. The van der Waals surface area contributed by atoms with Gasteiger partial charge in [-0.15, -0.1) is 0 Å². The molecule has 2 aromatic heterocycles. The lowest BCUT2D eigenvalue weighted by atomic mass is 10.1. The highest BCUT2D eigenvalue weighted by Crippen LogP contribution is 2.28. The van der Waals surface area contributed by atoms with Crippen molar-refractivity contribution in [2.24, 2.45) is 17.8 Å². The summed E-state index contributed by atoms with van der Waals surface area (Å²) in [6.45, 7) is 1.19. The van der Waals surface area contributed by atoms with E-state index in [0.717, 1.165) is 44.6 Å². The average molecular weight is 397 g/mol. The van der Waals surface area contributed by atoms with Crippen LogP contribution in [-0.2, 0) is 11.8 Å². The number of hydrogen-bond donors (Lipinski definition) is 2. The van der Waals surface area contributed by atoms with Gasteiger partial charge in [0.25, 0.3) is 0 Å². The molecule has 0 aliphatic rings. The number of nitrogens with one attached hydrogen (secondary N) is 1. The number of esters is 1. The zero-order chi connectivity index (χ0) is 19.8. The Hall–Kier alpha value is -2.83. The van der Waals surface area contributed by atoms with Crippen molar-refractivity contribution < 1.29 is 9.53 Å². The molecule has 0 spiro atoms. The molecule has 0 saturated carbocycles. The minimum absolute atomic E-state index is 0.369. The molecule has 0 saturated heterocycles. The Morgan fingerprint density at radius 2 is 2.07 bits per heavy atom. The lowest BCUT2D eigenvalue weighted by Crippen LogP contribution is -2.12. The van der Waals surface area contributed by atoms with Gasteiger partial charge in [0, 0.05) is 34.9 Å². The first kappa shape index (κ1) is 18.5. The molecule has 3 N–H and O–H groups in total. The molecule has 0 aliphatic carbocycles. The Balaban J connectivity index is 2.19. The number of aromatic nitrogens is 2. The number of fused-ring (bicyclic) bond motifs is 4. The average Bonchev–Trinajstić information content (AvgIpc) is 3.08. The molecule has 0 unspecified atom stereocenters. The van der Waals surface area contributed by atoms with Crippen LogP contribution in [0, 0.1) is 0 Å². The molecule has 4 rings (SSSR count). The van der Waals surface area contributed by atoms with Gasteiger partial charge in [-0.3, -0.25) is 4.99 Å². The van der Waals surface area contributed by atoms with Crippen LogP contribution in [0.2, 0.25) is 5.02 Å². The maximum absolute atomic E-state index is 12.0. The largest absolute Gasteiger partial charge is 0.465 e. The van der Waals surface area contributed by atoms with E-state index >= 15 is 0 Å². The van der Waals surface area contributed by atoms with E-state index in [4.69, 9.17) is 27.1 Å². The number of rotatable bonds is 4. The van der Waals surface area contributed by atoms with Gasteiger partial charge in [0.15, 0.2) is 0 Å². The van der Waals surface area contributed by atoms with E-state index < -0.39 is 0 Å². The molecule has 0 atom stereocenters. The summed E-state index contributed by atoms with van der Waals surface area (Å²) >= 11 is 6.29. The second kappa shape index (κ2) is 7.30. The SMILES string of the molecule is COC(=O)c1ccc2[nH]c3c(c(=NCCCN)c4cc(Cl)ccc4n3C)c2c1. The van der Waals surface area contributed by atoms with Crippen molar-refractivity contribution in [1.82, 2.24) is 9.55 Å². The van der Waals surface area contributed by atoms with Crippen molar-refractivity contribution in [3.8, 4) is 0 Å². The van der Waals surface area contributed by atoms with Crippen molar-refractivity contribution in [2.45, 2.75) is 6.42 Å². The van der Waals surface area contributed by atoms with Gasteiger partial charge in [-0.1, -0.05) is 11.6 Å². The van der Waals surface area contributed by atoms with E-state index in [2.05, 4.69) is 9.55 Å². The summed E-state index contributed by atoms with van der Waals surface area (Å²) in [5, 5.41) is 4.34. The lowest BCUT2D eigenvalue weighted by Gasteiger charge is -2.10. The lowest BCUT2D eigenvalue weighted by molar-refractivity contribution is 0.0601. The fourth-order valence-corrected chi connectivity index (χ4v) is 3.78. The van der Waals surface area contributed by atoms with Gasteiger partial charge >= 0.3 is 5.97 Å². The summed E-state index contributed by atoms with van der Waals surface area (Å²) in [5.74, 6) is -0.369. The quantitative estimate of drug-likeness (QED) is 0.409. The predicted molar refractivity (Wildman–Crippen MR) is 113 cm³/mol. The fourth-order valence-electron chi connectivity index (χ4n) is 3.61. The van der Waals surface area contributed by atoms with E-state index in [1.807, 2.05) is 37.4 Å². The number of pyridine rings is 1. The van der Waals surface area contributed by atoms with Crippen LogP contribution >= 0.6 is 11.6 Å². The number of H-pyrrole nitrogens is 1. The molecule has 6 nitrogen and oxygen atoms in total. The third kappa shape index (κ3) is 2.95. The molecule has 2 heterocycles. The van der Waals surface area contributed by atoms with Crippen molar-refractivity contribution in [1.29, 1.82) is 0 Å². The highest BCUT2D eigenvalue weighted by atomic mass is 35.5. The summed E-state index contributed by atoms with van der Waals surface area (Å²) in [4.78, 5) is 20.4. The Morgan fingerprint density at radius 3 is 2.82 bits per heavy atom. The second-order valence-electron chi connectivity index (χ2n) is 6.69. The van der Waals surface area contributed by atoms with Gasteiger partial charge in [0.1, 0.15) is 5.65 Å². The normalized spacial score (nSPS) is 12.4. The zero-order valence-electron chi connectivity index (χ0n) is 15.8. The van der Waals surface area contributed by atoms with E-state index in [1.54, 1.807) is 6.07 Å². The van der Waals surface area contributed by atoms with Gasteiger partial charge in [-0.05, 0) is 49.4 Å². The van der Waals surface area contributed by atoms with Crippen LogP contribution in [-0.4, -0.2) is 35.7 Å². The molecule has 0 bridgehead atoms. The number of benzene rings is 2. The molecular formula is C21H21ClN4O2. The highest BCUT2D eigenvalue weighted by molar-refractivity contribution is 6.31. The van der Waals surface area contributed by atoms with Crippen LogP contribution in [0.25, 0.3) is 32.8 Å². The number of carbonyl (C=O) groups is 1. The van der Waals surface area contributed by atoms with E-state index in [9.17, 15) is 4.79 Å². The van der Waals surface area contributed by atoms with E-state index in [-0.39, 0.29) is 5.97 Å². The Labute approximate surface area is 166 Å². The van der Waals surface area contributed by atoms with Crippen LogP contribution in [0.3, 0.4) is 0 Å². The third-order valence-electron chi connectivity index (χ3n) is 4.98. The maximum Gasteiger partial charge on any atom is 0.337 e. The monoisotopic (exact) mass is 396 g/mol. The van der Waals surface area contributed by atoms with Crippen molar-refractivity contribution >= 4 is 50.4 Å². The van der Waals surface area contributed by atoms with E-state index in [1.165, 1.54) is 7.11 Å². The van der Waals surface area contributed by atoms with Crippen LogP contribution < -0.4 is 11.1 Å². The molecule has 4 aromatic rings. The van der Waals surface area contributed by atoms with Crippen LogP contribution in [0.5, 0.6) is 0 Å². The van der Waals surface area contributed by atoms with Gasteiger partial charge < -0.3 is 20.0 Å². The van der Waals surface area contributed by atoms with Crippen LogP contribution in [0.4, 0.5) is 0 Å². The zero-order valence-corrected chi connectivity index (χ0v) is 16.5. The van der Waals surface area contributed by atoms with Gasteiger partial charge in [0.05, 0.1) is 28.9 Å². The molecule has 28 heavy (non-hydrogen) atoms. The summed E-state index contributed by atoms with van der Waals surface area (Å²) in [6.07, 6.45) is 0.792. The smallest absolute Gasteiger partial charge is 0.337 e. The van der Waals surface area contributed by atoms with Gasteiger partial charge in [0.2, 0.25) is 0 Å². The first-order valence-electron chi connectivity index (χ1n) is 9.07. The van der Waals surface area contributed by atoms with Gasteiger partial charge in [-0.2, -0.15) is 0 Å². The summed E-state index contributed by atoms with van der Waals surface area (Å²) in [7, 11) is 3.38. The summed E-state index contributed by atoms with van der Waals surface area (Å²) in [5.41, 5.74) is 9.03. The van der Waals surface area contributed by atoms with E-state index in [0.29, 0.717) is 23.7 Å². The minimum Gasteiger partial charge on any atom is -0.465 e. The molecule has 0 fully saturated rings. The highest BCUT2D eigenvalue weighted by Gasteiger charge is 2.15. The number of hydrogen-bond acceptors (Lipinski definition) is 4.